The van der Waals surface area contributed by atoms with Gasteiger partial charge in [-0.1, -0.05) is 0 Å². The van der Waals surface area contributed by atoms with Crippen molar-refractivity contribution >= 4 is 11.9 Å². The van der Waals surface area contributed by atoms with Crippen LogP contribution in [0.2, 0.25) is 0 Å². The molecule has 0 aliphatic carbocycles. The molecule has 1 heterocycles. The van der Waals surface area contributed by atoms with Gasteiger partial charge in [0, 0.05) is 18.9 Å². The van der Waals surface area contributed by atoms with Gasteiger partial charge in [-0.2, -0.15) is 0 Å². The normalized spacial score (nSPS) is 9.85. The van der Waals surface area contributed by atoms with Gasteiger partial charge in [-0.25, -0.2) is 4.79 Å². The Labute approximate surface area is 74.2 Å². The molecule has 0 saturated heterocycles. The third kappa shape index (κ3) is 2.62. The van der Waals surface area contributed by atoms with Crippen LogP contribution >= 0.6 is 0 Å². The molecule has 70 valence electrons. The summed E-state index contributed by atoms with van der Waals surface area (Å²) in [5.74, 6) is -1.90. The van der Waals surface area contributed by atoms with Crippen molar-refractivity contribution in [1.82, 2.24) is 4.57 Å². The van der Waals surface area contributed by atoms with Crippen molar-refractivity contribution in [2.24, 2.45) is 0 Å². The van der Waals surface area contributed by atoms with Crippen molar-refractivity contribution in [1.29, 1.82) is 0 Å². The maximum atomic E-state index is 10.4. The zero-order valence-electron chi connectivity index (χ0n) is 6.80. The third-order valence-corrected chi connectivity index (χ3v) is 1.58. The second kappa shape index (κ2) is 3.75. The van der Waals surface area contributed by atoms with E-state index in [1.807, 2.05) is 0 Å². The first-order chi connectivity index (χ1) is 6.09. The molecule has 2 N–H and O–H groups in total. The molecule has 0 amide bonds. The average molecular weight is 183 g/mol. The fourth-order valence-corrected chi connectivity index (χ4v) is 0.931. The van der Waals surface area contributed by atoms with E-state index in [4.69, 9.17) is 10.2 Å². The van der Waals surface area contributed by atoms with Gasteiger partial charge in [0.2, 0.25) is 0 Å². The van der Waals surface area contributed by atoms with Crippen LogP contribution in [0.1, 0.15) is 16.8 Å². The number of aryl methyl sites for hydroxylation is 1. The maximum absolute atomic E-state index is 10.4. The summed E-state index contributed by atoms with van der Waals surface area (Å²) in [7, 11) is 0. The van der Waals surface area contributed by atoms with Gasteiger partial charge in [-0.15, -0.1) is 0 Å². The zero-order valence-corrected chi connectivity index (χ0v) is 6.80. The Morgan fingerprint density at radius 3 is 2.54 bits per heavy atom. The highest BCUT2D eigenvalue weighted by Crippen LogP contribution is 2.01. The summed E-state index contributed by atoms with van der Waals surface area (Å²) >= 11 is 0. The van der Waals surface area contributed by atoms with Crippen LogP contribution in [0.25, 0.3) is 0 Å². The Morgan fingerprint density at radius 1 is 1.38 bits per heavy atom. The number of aromatic carboxylic acids is 1. The number of nitrogens with zero attached hydrogens (tertiary/aromatic N) is 1. The molecule has 0 aliphatic rings. The van der Waals surface area contributed by atoms with Crippen LogP contribution in [-0.2, 0) is 11.3 Å². The van der Waals surface area contributed by atoms with Crippen molar-refractivity contribution in [2.45, 2.75) is 13.0 Å². The van der Waals surface area contributed by atoms with Crippen LogP contribution in [0.5, 0.6) is 0 Å². The van der Waals surface area contributed by atoms with Crippen LogP contribution in [-0.4, -0.2) is 26.7 Å². The lowest BCUT2D eigenvalue weighted by molar-refractivity contribution is -0.137. The van der Waals surface area contributed by atoms with Gasteiger partial charge >= 0.3 is 11.9 Å². The first-order valence-electron chi connectivity index (χ1n) is 3.70. The number of aliphatic carboxylic acids is 1. The molecule has 1 aromatic rings. The minimum Gasteiger partial charge on any atom is -0.481 e. The highest BCUT2D eigenvalue weighted by Gasteiger charge is 2.04. The highest BCUT2D eigenvalue weighted by atomic mass is 16.4. The summed E-state index contributed by atoms with van der Waals surface area (Å²) < 4.78 is 1.54. The van der Waals surface area contributed by atoms with Gasteiger partial charge < -0.3 is 14.8 Å². The van der Waals surface area contributed by atoms with E-state index < -0.39 is 11.9 Å². The van der Waals surface area contributed by atoms with Crippen molar-refractivity contribution in [3.63, 3.8) is 0 Å². The number of carbonyl (C=O) groups is 2. The Kier molecular flexibility index (Phi) is 2.69. The molecule has 0 bridgehead atoms. The highest BCUT2D eigenvalue weighted by molar-refractivity contribution is 5.87. The molecule has 0 atom stereocenters. The SMILES string of the molecule is O=C(O)CCn1ccc(C(=O)O)c1. The minimum atomic E-state index is -1.01. The van der Waals surface area contributed by atoms with E-state index in [2.05, 4.69) is 0 Å². The zero-order chi connectivity index (χ0) is 9.84. The standard InChI is InChI=1S/C8H9NO4/c10-7(11)2-4-9-3-1-6(5-9)8(12)13/h1,3,5H,2,4H2,(H,10,11)(H,12,13). The van der Waals surface area contributed by atoms with Crippen LogP contribution in [0, 0.1) is 0 Å². The van der Waals surface area contributed by atoms with E-state index in [1.165, 1.54) is 16.8 Å². The van der Waals surface area contributed by atoms with E-state index in [0.717, 1.165) is 0 Å². The summed E-state index contributed by atoms with van der Waals surface area (Å²) in [4.78, 5) is 20.6. The molecule has 1 rings (SSSR count). The third-order valence-electron chi connectivity index (χ3n) is 1.58. The minimum absolute atomic E-state index is 0.00621. The fraction of sp³-hybridized carbons (Fsp3) is 0.250. The number of rotatable bonds is 4. The van der Waals surface area contributed by atoms with E-state index in [0.29, 0.717) is 6.54 Å². The van der Waals surface area contributed by atoms with Gasteiger partial charge in [0.15, 0.2) is 0 Å². The van der Waals surface area contributed by atoms with Gasteiger partial charge in [-0.05, 0) is 6.07 Å². The second-order valence-corrected chi connectivity index (χ2v) is 2.59. The van der Waals surface area contributed by atoms with Crippen LogP contribution in [0.4, 0.5) is 0 Å². The smallest absolute Gasteiger partial charge is 0.337 e. The van der Waals surface area contributed by atoms with Crippen molar-refractivity contribution in [3.05, 3.63) is 24.0 Å². The molecule has 0 aromatic carbocycles. The van der Waals surface area contributed by atoms with Gasteiger partial charge in [0.1, 0.15) is 0 Å². The largest absolute Gasteiger partial charge is 0.481 e. The molecule has 13 heavy (non-hydrogen) atoms. The van der Waals surface area contributed by atoms with Crippen LogP contribution in [0.15, 0.2) is 18.5 Å². The maximum Gasteiger partial charge on any atom is 0.337 e. The fourth-order valence-electron chi connectivity index (χ4n) is 0.931. The summed E-state index contributed by atoms with van der Waals surface area (Å²) in [5, 5.41) is 16.9. The lowest BCUT2D eigenvalue weighted by Gasteiger charge is -1.97. The van der Waals surface area contributed by atoms with Gasteiger partial charge in [-0.3, -0.25) is 4.79 Å². The monoisotopic (exact) mass is 183 g/mol. The van der Waals surface area contributed by atoms with Gasteiger partial charge in [0.25, 0.3) is 0 Å². The number of hydrogen-bond donors (Lipinski definition) is 2. The molecule has 0 spiro atoms. The molecule has 5 nitrogen and oxygen atoms in total. The van der Waals surface area contributed by atoms with Crippen molar-refractivity contribution in [3.8, 4) is 0 Å². The van der Waals surface area contributed by atoms with E-state index in [-0.39, 0.29) is 12.0 Å². The topological polar surface area (TPSA) is 79.5 Å². The molecular formula is C8H9NO4. The van der Waals surface area contributed by atoms with Gasteiger partial charge in [0.05, 0.1) is 12.0 Å². The molecular weight excluding hydrogens is 174 g/mol. The van der Waals surface area contributed by atoms with E-state index in [9.17, 15) is 9.59 Å². The molecule has 5 heteroatoms. The molecule has 0 fully saturated rings. The lowest BCUT2D eigenvalue weighted by Crippen LogP contribution is -2.02. The lowest BCUT2D eigenvalue weighted by atomic mass is 10.3. The molecule has 1 aromatic heterocycles. The summed E-state index contributed by atoms with van der Waals surface area (Å²) in [6.45, 7) is 0.294. The summed E-state index contributed by atoms with van der Waals surface area (Å²) in [6.07, 6.45) is 2.95. The van der Waals surface area contributed by atoms with Crippen molar-refractivity contribution in [2.75, 3.05) is 0 Å². The first kappa shape index (κ1) is 9.31. The Bertz CT molecular complexity index is 329. The summed E-state index contributed by atoms with van der Waals surface area (Å²) in [6, 6.07) is 1.43. The number of hydrogen-bond acceptors (Lipinski definition) is 2. The molecule has 0 radical (unpaired) electrons. The Morgan fingerprint density at radius 2 is 2.08 bits per heavy atom. The number of carboxylic acid groups (broad SMARTS) is 2. The molecule has 0 unspecified atom stereocenters. The molecule has 0 aliphatic heterocycles. The number of aromatic nitrogens is 1. The van der Waals surface area contributed by atoms with E-state index >= 15 is 0 Å². The predicted molar refractivity (Wildman–Crippen MR) is 43.6 cm³/mol. The number of carboxylic acids is 2. The Balaban J connectivity index is 2.59. The summed E-state index contributed by atoms with van der Waals surface area (Å²) in [5.41, 5.74) is 0.172. The van der Waals surface area contributed by atoms with Crippen LogP contribution < -0.4 is 0 Å². The predicted octanol–water partition coefficient (Wildman–Crippen LogP) is 0.661. The average Bonchev–Trinajstić information content (AvgIpc) is 2.48. The first-order valence-corrected chi connectivity index (χ1v) is 3.70. The van der Waals surface area contributed by atoms with E-state index in [1.54, 1.807) is 6.20 Å². The van der Waals surface area contributed by atoms with Crippen LogP contribution in [0.3, 0.4) is 0 Å². The quantitative estimate of drug-likeness (QED) is 0.718. The van der Waals surface area contributed by atoms with Crippen molar-refractivity contribution < 1.29 is 19.8 Å². The Hall–Kier alpha value is -1.78. The molecule has 0 saturated carbocycles. The second-order valence-electron chi connectivity index (χ2n) is 2.59.